The number of sulfonamides is 1. The molecular weight excluding hydrogens is 412 g/mol. The normalized spacial score (nSPS) is 12.3. The molecule has 0 saturated carbocycles. The van der Waals surface area contributed by atoms with Gasteiger partial charge in [0.2, 0.25) is 21.1 Å². The van der Waals surface area contributed by atoms with Crippen molar-refractivity contribution in [3.05, 3.63) is 18.2 Å². The monoisotopic (exact) mass is 432 g/mol. The number of carbonyl (C=O) groups is 1. The van der Waals surface area contributed by atoms with Crippen molar-refractivity contribution in [1.29, 1.82) is 0 Å². The Kier molecular flexibility index (Phi) is 6.89. The van der Waals surface area contributed by atoms with E-state index in [2.05, 4.69) is 15.5 Å². The van der Waals surface area contributed by atoms with Crippen molar-refractivity contribution in [3.63, 3.8) is 0 Å². The Morgan fingerprint density at radius 1 is 1.30 bits per heavy atom. The molecule has 0 spiro atoms. The third-order valence-electron chi connectivity index (χ3n) is 3.52. The Morgan fingerprint density at radius 2 is 2.00 bits per heavy atom. The number of methoxy groups -OCH3 is 2. The summed E-state index contributed by atoms with van der Waals surface area (Å²) in [5.41, 5.74) is 0.198. The first kappa shape index (κ1) is 21.3. The molecule has 2 rings (SSSR count). The maximum atomic E-state index is 12.7. The number of benzene rings is 1. The van der Waals surface area contributed by atoms with E-state index in [1.807, 2.05) is 6.26 Å². The number of amides is 1. The van der Waals surface area contributed by atoms with Crippen LogP contribution in [0.15, 0.2) is 22.5 Å². The van der Waals surface area contributed by atoms with Crippen LogP contribution < -0.4 is 19.1 Å². The lowest BCUT2D eigenvalue weighted by Gasteiger charge is -2.29. The quantitative estimate of drug-likeness (QED) is 0.499. The summed E-state index contributed by atoms with van der Waals surface area (Å²) in [5, 5.41) is 10.7. The fraction of sp³-hybridized carbons (Fsp3) is 0.400. The molecule has 2 aromatic rings. The molecule has 0 bridgehead atoms. The predicted molar refractivity (Wildman–Crippen MR) is 107 cm³/mol. The molecule has 1 aromatic carbocycles. The highest BCUT2D eigenvalue weighted by atomic mass is 32.2. The third-order valence-corrected chi connectivity index (χ3v) is 6.56. The summed E-state index contributed by atoms with van der Waals surface area (Å²) in [7, 11) is -0.929. The zero-order valence-electron chi connectivity index (χ0n) is 15.4. The van der Waals surface area contributed by atoms with Crippen molar-refractivity contribution in [3.8, 4) is 11.5 Å². The average Bonchev–Trinajstić information content (AvgIpc) is 3.08. The largest absolute Gasteiger partial charge is 0.497 e. The van der Waals surface area contributed by atoms with E-state index in [9.17, 15) is 13.2 Å². The van der Waals surface area contributed by atoms with Crippen LogP contribution in [-0.4, -0.2) is 57.3 Å². The highest BCUT2D eigenvalue weighted by molar-refractivity contribution is 8.00. The number of hydrogen-bond donors (Lipinski definition) is 1. The molecule has 0 fully saturated rings. The molecule has 0 unspecified atom stereocenters. The lowest BCUT2D eigenvalue weighted by molar-refractivity contribution is -0.116. The van der Waals surface area contributed by atoms with E-state index < -0.39 is 22.0 Å². The topological polar surface area (TPSA) is 111 Å². The first-order valence-electron chi connectivity index (χ1n) is 7.61. The van der Waals surface area contributed by atoms with Crippen LogP contribution in [0.25, 0.3) is 0 Å². The Labute approximate surface area is 166 Å². The average molecular weight is 433 g/mol. The molecule has 1 atom stereocenters. The highest BCUT2D eigenvalue weighted by Crippen LogP contribution is 2.35. The standard InChI is InChI=1S/C15H20N4O5S3/c1-9(13(20)16-14-17-18-15(25-4)26-14)19(27(5,21)22)11-8-10(23-2)6-7-12(11)24-3/h6-9H,1-5H3,(H,16,17,20)/t9-/m1/s1. The van der Waals surface area contributed by atoms with E-state index in [0.29, 0.717) is 21.0 Å². The van der Waals surface area contributed by atoms with Gasteiger partial charge in [-0.3, -0.25) is 14.4 Å². The molecule has 12 heteroatoms. The number of thioether (sulfide) groups is 1. The van der Waals surface area contributed by atoms with Gasteiger partial charge in [-0.05, 0) is 25.3 Å². The lowest BCUT2D eigenvalue weighted by atomic mass is 10.2. The first-order chi connectivity index (χ1) is 12.7. The number of carbonyl (C=O) groups excluding carboxylic acids is 1. The number of nitrogens with one attached hydrogen (secondary N) is 1. The summed E-state index contributed by atoms with van der Waals surface area (Å²) in [6.07, 6.45) is 2.86. The van der Waals surface area contributed by atoms with Crippen LogP contribution in [0.5, 0.6) is 11.5 Å². The Bertz CT molecular complexity index is 916. The van der Waals surface area contributed by atoms with Gasteiger partial charge < -0.3 is 9.47 Å². The van der Waals surface area contributed by atoms with Gasteiger partial charge >= 0.3 is 0 Å². The van der Waals surface area contributed by atoms with Gasteiger partial charge in [0.1, 0.15) is 17.5 Å². The lowest BCUT2D eigenvalue weighted by Crippen LogP contribution is -2.45. The molecule has 1 heterocycles. The fourth-order valence-electron chi connectivity index (χ4n) is 2.30. The van der Waals surface area contributed by atoms with Crippen molar-refractivity contribution in [1.82, 2.24) is 10.2 Å². The highest BCUT2D eigenvalue weighted by Gasteiger charge is 2.32. The summed E-state index contributed by atoms with van der Waals surface area (Å²) < 4.78 is 37.1. The van der Waals surface area contributed by atoms with E-state index in [1.54, 1.807) is 12.1 Å². The van der Waals surface area contributed by atoms with Gasteiger partial charge in [0.25, 0.3) is 0 Å². The van der Waals surface area contributed by atoms with Gasteiger partial charge in [-0.2, -0.15) is 0 Å². The number of anilines is 2. The summed E-state index contributed by atoms with van der Waals surface area (Å²) >= 11 is 2.60. The fourth-order valence-corrected chi connectivity index (χ4v) is 4.65. The van der Waals surface area contributed by atoms with Gasteiger partial charge in [-0.25, -0.2) is 8.42 Å². The number of rotatable bonds is 8. The number of ether oxygens (including phenoxy) is 2. The zero-order valence-corrected chi connectivity index (χ0v) is 17.9. The smallest absolute Gasteiger partial charge is 0.249 e. The first-order valence-corrected chi connectivity index (χ1v) is 11.5. The minimum Gasteiger partial charge on any atom is -0.497 e. The van der Waals surface area contributed by atoms with Gasteiger partial charge in [0.05, 0.1) is 26.2 Å². The van der Waals surface area contributed by atoms with Crippen molar-refractivity contribution < 1.29 is 22.7 Å². The van der Waals surface area contributed by atoms with E-state index in [-0.39, 0.29) is 5.69 Å². The second-order valence-corrected chi connectivity index (χ2v) is 9.23. The summed E-state index contributed by atoms with van der Waals surface area (Å²) in [6, 6.07) is 3.65. The molecule has 1 N–H and O–H groups in total. The molecule has 0 saturated heterocycles. The number of aromatic nitrogens is 2. The van der Waals surface area contributed by atoms with Gasteiger partial charge in [0.15, 0.2) is 4.34 Å². The summed E-state index contributed by atoms with van der Waals surface area (Å²) in [6.45, 7) is 1.48. The van der Waals surface area contributed by atoms with Gasteiger partial charge in [-0.1, -0.05) is 23.1 Å². The molecule has 1 aromatic heterocycles. The van der Waals surface area contributed by atoms with E-state index in [4.69, 9.17) is 9.47 Å². The van der Waals surface area contributed by atoms with Gasteiger partial charge in [-0.15, -0.1) is 10.2 Å². The minimum atomic E-state index is -3.81. The molecule has 9 nitrogen and oxygen atoms in total. The number of hydrogen-bond acceptors (Lipinski definition) is 9. The van der Waals surface area contributed by atoms with Crippen LogP contribution in [0.3, 0.4) is 0 Å². The van der Waals surface area contributed by atoms with Crippen LogP contribution >= 0.6 is 23.1 Å². The van der Waals surface area contributed by atoms with Gasteiger partial charge in [0, 0.05) is 6.07 Å². The molecule has 148 valence electrons. The van der Waals surface area contributed by atoms with Crippen LogP contribution in [0.1, 0.15) is 6.92 Å². The van der Waals surface area contributed by atoms with Crippen LogP contribution in [0.2, 0.25) is 0 Å². The molecule has 0 aliphatic rings. The third kappa shape index (κ3) is 5.02. The van der Waals surface area contributed by atoms with Crippen molar-refractivity contribution in [2.75, 3.05) is 36.4 Å². The molecule has 1 amide bonds. The predicted octanol–water partition coefficient (Wildman–Crippen LogP) is 2.07. The minimum absolute atomic E-state index is 0.198. The van der Waals surface area contributed by atoms with E-state index >= 15 is 0 Å². The summed E-state index contributed by atoms with van der Waals surface area (Å²) in [4.78, 5) is 12.7. The Morgan fingerprint density at radius 3 is 2.52 bits per heavy atom. The van der Waals surface area contributed by atoms with Crippen molar-refractivity contribution in [2.24, 2.45) is 0 Å². The van der Waals surface area contributed by atoms with E-state index in [1.165, 1.54) is 50.3 Å². The van der Waals surface area contributed by atoms with Crippen LogP contribution in [0, 0.1) is 0 Å². The molecule has 27 heavy (non-hydrogen) atoms. The second kappa shape index (κ2) is 8.76. The SMILES string of the molecule is COc1ccc(OC)c(N([C@H](C)C(=O)Nc2nnc(SC)s2)S(C)(=O)=O)c1. The van der Waals surface area contributed by atoms with Crippen LogP contribution in [-0.2, 0) is 14.8 Å². The zero-order chi connectivity index (χ0) is 20.2. The van der Waals surface area contributed by atoms with E-state index in [0.717, 1.165) is 10.6 Å². The Balaban J connectivity index is 2.40. The maximum Gasteiger partial charge on any atom is 0.249 e. The molecule has 0 aliphatic carbocycles. The maximum absolute atomic E-state index is 12.7. The Hall–Kier alpha value is -2.05. The van der Waals surface area contributed by atoms with Crippen molar-refractivity contribution >= 4 is 49.8 Å². The van der Waals surface area contributed by atoms with Crippen molar-refractivity contribution in [2.45, 2.75) is 17.3 Å². The summed E-state index contributed by atoms with van der Waals surface area (Å²) in [5.74, 6) is 0.177. The molecule has 0 aliphatic heterocycles. The number of nitrogens with zero attached hydrogens (tertiary/aromatic N) is 3. The van der Waals surface area contributed by atoms with Crippen LogP contribution in [0.4, 0.5) is 10.8 Å². The molecular formula is C15H20N4O5S3. The molecule has 0 radical (unpaired) electrons. The second-order valence-electron chi connectivity index (χ2n) is 5.34.